The number of esters is 1. The molecular weight excluding hydrogens is 470 g/mol. The lowest BCUT2D eigenvalue weighted by molar-refractivity contribution is 0.0508. The lowest BCUT2D eigenvalue weighted by atomic mass is 9.98. The van der Waals surface area contributed by atoms with Crippen molar-refractivity contribution in [3.8, 4) is 11.1 Å². The fourth-order valence-corrected chi connectivity index (χ4v) is 5.01. The summed E-state index contributed by atoms with van der Waals surface area (Å²) in [6, 6.07) is 11.7. The van der Waals surface area contributed by atoms with E-state index in [0.717, 1.165) is 21.3 Å². The highest BCUT2D eigenvalue weighted by molar-refractivity contribution is 9.11. The lowest BCUT2D eigenvalue weighted by Gasteiger charge is -2.10. The first-order valence-corrected chi connectivity index (χ1v) is 11.8. The van der Waals surface area contributed by atoms with Gasteiger partial charge in [-0.3, -0.25) is 4.79 Å². The molecule has 3 rings (SSSR count). The molecule has 0 radical (unpaired) electrons. The number of carbonyl (C=O) groups excluding carboxylic acids is 2. The van der Waals surface area contributed by atoms with Crippen LogP contribution in [0.4, 0.5) is 5.00 Å². The first kappa shape index (κ1) is 21.7. The van der Waals surface area contributed by atoms with Gasteiger partial charge in [-0.15, -0.1) is 22.7 Å². The van der Waals surface area contributed by atoms with Crippen LogP contribution in [0, 0.1) is 0 Å². The van der Waals surface area contributed by atoms with E-state index in [4.69, 9.17) is 4.74 Å². The third-order valence-corrected chi connectivity index (χ3v) is 6.86. The van der Waals surface area contributed by atoms with Crippen LogP contribution in [0.25, 0.3) is 11.1 Å². The maximum atomic E-state index is 12.8. The molecule has 2 aromatic heterocycles. The van der Waals surface area contributed by atoms with Gasteiger partial charge in [0, 0.05) is 10.9 Å². The van der Waals surface area contributed by atoms with Crippen LogP contribution in [0.3, 0.4) is 0 Å². The molecule has 2 heterocycles. The predicted molar refractivity (Wildman–Crippen MR) is 124 cm³/mol. The van der Waals surface area contributed by atoms with E-state index >= 15 is 0 Å². The number of benzene rings is 1. The smallest absolute Gasteiger partial charge is 0.341 e. The SMILES string of the molecule is CCCOC(=O)c1c(-c2ccc(C(C)C)cc2)csc1NC(=O)c1ccc(Br)s1. The van der Waals surface area contributed by atoms with Crippen molar-refractivity contribution in [1.29, 1.82) is 0 Å². The Morgan fingerprint density at radius 1 is 1.14 bits per heavy atom. The minimum atomic E-state index is -0.418. The van der Waals surface area contributed by atoms with Gasteiger partial charge in [-0.2, -0.15) is 0 Å². The molecule has 1 amide bonds. The zero-order chi connectivity index (χ0) is 21.0. The summed E-state index contributed by atoms with van der Waals surface area (Å²) in [5.74, 6) is -0.229. The number of halogens is 1. The van der Waals surface area contributed by atoms with Gasteiger partial charge in [-0.1, -0.05) is 45.0 Å². The zero-order valence-electron chi connectivity index (χ0n) is 16.5. The topological polar surface area (TPSA) is 55.4 Å². The minimum absolute atomic E-state index is 0.242. The van der Waals surface area contributed by atoms with Crippen LogP contribution < -0.4 is 5.32 Å². The molecule has 4 nitrogen and oxygen atoms in total. The number of anilines is 1. The number of rotatable bonds is 7. The Morgan fingerprint density at radius 2 is 1.86 bits per heavy atom. The van der Waals surface area contributed by atoms with Gasteiger partial charge in [0.25, 0.3) is 5.91 Å². The van der Waals surface area contributed by atoms with Crippen molar-refractivity contribution in [3.05, 3.63) is 61.6 Å². The number of thiophene rings is 2. The van der Waals surface area contributed by atoms with Crippen LogP contribution in [0.15, 0.2) is 45.6 Å². The Kier molecular flexibility index (Phi) is 7.27. The van der Waals surface area contributed by atoms with E-state index in [-0.39, 0.29) is 5.91 Å². The van der Waals surface area contributed by atoms with Crippen molar-refractivity contribution in [2.24, 2.45) is 0 Å². The van der Waals surface area contributed by atoms with Gasteiger partial charge >= 0.3 is 5.97 Å². The normalized spacial score (nSPS) is 10.9. The summed E-state index contributed by atoms with van der Waals surface area (Å²) in [7, 11) is 0. The molecule has 3 aromatic rings. The summed E-state index contributed by atoms with van der Waals surface area (Å²) in [4.78, 5) is 26.0. The van der Waals surface area contributed by atoms with Crippen molar-refractivity contribution in [2.75, 3.05) is 11.9 Å². The highest BCUT2D eigenvalue weighted by Crippen LogP contribution is 2.37. The van der Waals surface area contributed by atoms with Gasteiger partial charge < -0.3 is 10.1 Å². The third kappa shape index (κ3) is 5.15. The number of ether oxygens (including phenoxy) is 1. The Hall–Kier alpha value is -1.96. The van der Waals surface area contributed by atoms with Crippen LogP contribution >= 0.6 is 38.6 Å². The summed E-state index contributed by atoms with van der Waals surface area (Å²) < 4.78 is 6.28. The summed E-state index contributed by atoms with van der Waals surface area (Å²) in [6.45, 7) is 6.57. The van der Waals surface area contributed by atoms with E-state index in [9.17, 15) is 9.59 Å². The van der Waals surface area contributed by atoms with Gasteiger partial charge in [0.2, 0.25) is 0 Å². The fraction of sp³-hybridized carbons (Fsp3) is 0.273. The second kappa shape index (κ2) is 9.69. The van der Waals surface area contributed by atoms with Crippen LogP contribution in [-0.4, -0.2) is 18.5 Å². The van der Waals surface area contributed by atoms with E-state index in [1.165, 1.54) is 28.2 Å². The van der Waals surface area contributed by atoms with Gasteiger partial charge in [0.1, 0.15) is 10.6 Å². The predicted octanol–water partition coefficient (Wildman–Crippen LogP) is 7.18. The molecule has 1 N–H and O–H groups in total. The maximum Gasteiger partial charge on any atom is 0.341 e. The van der Waals surface area contributed by atoms with Gasteiger partial charge in [-0.05, 0) is 51.5 Å². The zero-order valence-corrected chi connectivity index (χ0v) is 19.7. The first-order chi connectivity index (χ1) is 13.9. The van der Waals surface area contributed by atoms with E-state index < -0.39 is 5.97 Å². The molecule has 0 aliphatic rings. The molecule has 0 aliphatic heterocycles. The monoisotopic (exact) mass is 491 g/mol. The number of carbonyl (C=O) groups is 2. The fourth-order valence-electron chi connectivity index (χ4n) is 2.78. The van der Waals surface area contributed by atoms with E-state index in [1.807, 2.05) is 30.5 Å². The maximum absolute atomic E-state index is 12.8. The molecule has 29 heavy (non-hydrogen) atoms. The molecule has 152 valence electrons. The number of hydrogen-bond donors (Lipinski definition) is 1. The number of amides is 1. The summed E-state index contributed by atoms with van der Waals surface area (Å²) in [5, 5.41) is 5.28. The Labute approximate surface area is 187 Å². The molecule has 0 saturated heterocycles. The van der Waals surface area contributed by atoms with Crippen LogP contribution in [0.2, 0.25) is 0 Å². The molecule has 0 unspecified atom stereocenters. The standard InChI is InChI=1S/C22H22BrNO3S2/c1-4-11-27-22(26)19-16(15-7-5-14(6-8-15)13(2)3)12-28-21(19)24-20(25)17-9-10-18(23)29-17/h5-10,12-13H,4,11H2,1-3H3,(H,24,25). The van der Waals surface area contributed by atoms with Crippen LogP contribution in [0.5, 0.6) is 0 Å². The van der Waals surface area contributed by atoms with Crippen molar-refractivity contribution < 1.29 is 14.3 Å². The highest BCUT2D eigenvalue weighted by Gasteiger charge is 2.23. The van der Waals surface area contributed by atoms with Gasteiger partial charge in [-0.25, -0.2) is 4.79 Å². The molecular formula is C22H22BrNO3S2. The lowest BCUT2D eigenvalue weighted by Crippen LogP contribution is -2.14. The average Bonchev–Trinajstić information content (AvgIpc) is 3.32. The molecule has 0 atom stereocenters. The molecule has 0 bridgehead atoms. The van der Waals surface area contributed by atoms with E-state index in [2.05, 4.69) is 47.2 Å². The van der Waals surface area contributed by atoms with Crippen molar-refractivity contribution >= 4 is 55.5 Å². The Balaban J connectivity index is 1.96. The van der Waals surface area contributed by atoms with Crippen LogP contribution in [0.1, 0.15) is 58.7 Å². The molecule has 1 aromatic carbocycles. The van der Waals surface area contributed by atoms with Crippen molar-refractivity contribution in [3.63, 3.8) is 0 Å². The summed E-state index contributed by atoms with van der Waals surface area (Å²) in [6.07, 6.45) is 0.735. The number of hydrogen-bond acceptors (Lipinski definition) is 5. The number of nitrogens with one attached hydrogen (secondary N) is 1. The highest BCUT2D eigenvalue weighted by atomic mass is 79.9. The van der Waals surface area contributed by atoms with Crippen LogP contribution in [-0.2, 0) is 4.74 Å². The quantitative estimate of drug-likeness (QED) is 0.356. The van der Waals surface area contributed by atoms with E-state index in [1.54, 1.807) is 6.07 Å². The molecule has 0 fully saturated rings. The minimum Gasteiger partial charge on any atom is -0.462 e. The third-order valence-electron chi connectivity index (χ3n) is 4.34. The molecule has 0 aliphatic carbocycles. The van der Waals surface area contributed by atoms with E-state index in [0.29, 0.717) is 28.0 Å². The average molecular weight is 492 g/mol. The van der Waals surface area contributed by atoms with Crippen molar-refractivity contribution in [1.82, 2.24) is 0 Å². The van der Waals surface area contributed by atoms with Gasteiger partial charge in [0.05, 0.1) is 15.3 Å². The molecule has 0 saturated carbocycles. The van der Waals surface area contributed by atoms with Gasteiger partial charge in [0.15, 0.2) is 0 Å². The Bertz CT molecular complexity index is 1010. The molecule has 0 spiro atoms. The first-order valence-electron chi connectivity index (χ1n) is 9.36. The summed E-state index contributed by atoms with van der Waals surface area (Å²) in [5.41, 5.74) is 3.34. The second-order valence-corrected chi connectivity index (χ2v) is 10.2. The largest absolute Gasteiger partial charge is 0.462 e. The Morgan fingerprint density at radius 3 is 2.45 bits per heavy atom. The van der Waals surface area contributed by atoms with Crippen molar-refractivity contribution in [2.45, 2.75) is 33.1 Å². The second-order valence-electron chi connectivity index (χ2n) is 6.82. The summed E-state index contributed by atoms with van der Waals surface area (Å²) >= 11 is 6.05. The molecule has 7 heteroatoms.